The lowest BCUT2D eigenvalue weighted by atomic mass is 10.1. The van der Waals surface area contributed by atoms with Gasteiger partial charge in [-0.3, -0.25) is 0 Å². The highest BCUT2D eigenvalue weighted by Crippen LogP contribution is 2.32. The molecule has 0 unspecified atom stereocenters. The van der Waals surface area contributed by atoms with Gasteiger partial charge in [0.05, 0.1) is 11.3 Å². The Bertz CT molecular complexity index is 996. The van der Waals surface area contributed by atoms with Crippen molar-refractivity contribution in [3.8, 4) is 34.9 Å². The monoisotopic (exact) mass is 375 g/mol. The molecule has 1 aromatic carbocycles. The average molecular weight is 375 g/mol. The second kappa shape index (κ2) is 9.16. The number of benzene rings is 1. The van der Waals surface area contributed by atoms with E-state index in [0.29, 0.717) is 24.0 Å². The molecule has 0 bridgehead atoms. The van der Waals surface area contributed by atoms with Crippen LogP contribution in [0.1, 0.15) is 36.6 Å². The Balaban J connectivity index is 2.00. The summed E-state index contributed by atoms with van der Waals surface area (Å²) < 4.78 is 7.88. The van der Waals surface area contributed by atoms with Gasteiger partial charge in [0.25, 0.3) is 0 Å². The first kappa shape index (κ1) is 19.6. The summed E-state index contributed by atoms with van der Waals surface area (Å²) in [6.07, 6.45) is 6.27. The molecule has 0 aliphatic carbocycles. The summed E-state index contributed by atoms with van der Waals surface area (Å²) in [7, 11) is 1.85. The van der Waals surface area contributed by atoms with Crippen molar-refractivity contribution in [2.24, 2.45) is 12.8 Å². The van der Waals surface area contributed by atoms with Crippen LogP contribution < -0.4 is 10.5 Å². The molecule has 0 aliphatic heterocycles. The molecule has 6 heteroatoms. The van der Waals surface area contributed by atoms with E-state index in [-0.39, 0.29) is 0 Å². The Morgan fingerprint density at radius 2 is 1.96 bits per heavy atom. The van der Waals surface area contributed by atoms with Crippen molar-refractivity contribution in [3.05, 3.63) is 53.5 Å². The Morgan fingerprint density at radius 1 is 1.18 bits per heavy atom. The molecule has 2 N–H and O–H groups in total. The molecule has 0 saturated carbocycles. The van der Waals surface area contributed by atoms with Gasteiger partial charge in [0.1, 0.15) is 5.75 Å². The normalized spacial score (nSPS) is 10.4. The van der Waals surface area contributed by atoms with E-state index in [4.69, 9.17) is 10.5 Å². The number of aryl methyl sites for hydroxylation is 2. The third-order valence-electron chi connectivity index (χ3n) is 4.14. The standard InChI is InChI=1S/C22H25N5O/c1-4-5-6-7-17-8-9-19(22-24-14-18(10-11-23)15-25-22)20(13-17)28-21-12-16(2)26-27(21)3/h8-9,12-15H,4-5,10-11,23H2,1-3H3. The van der Waals surface area contributed by atoms with Crippen molar-refractivity contribution in [2.45, 2.75) is 33.1 Å². The zero-order chi connectivity index (χ0) is 19.9. The van der Waals surface area contributed by atoms with Gasteiger partial charge in [-0.1, -0.05) is 18.8 Å². The predicted octanol–water partition coefficient (Wildman–Crippen LogP) is 3.63. The first-order valence-corrected chi connectivity index (χ1v) is 9.43. The molecule has 3 aromatic rings. The van der Waals surface area contributed by atoms with Crippen LogP contribution in [0.15, 0.2) is 36.7 Å². The van der Waals surface area contributed by atoms with E-state index in [0.717, 1.165) is 41.6 Å². The van der Waals surface area contributed by atoms with E-state index in [1.54, 1.807) is 4.68 Å². The van der Waals surface area contributed by atoms with Gasteiger partial charge in [-0.05, 0) is 50.1 Å². The Hall–Kier alpha value is -3.17. The lowest BCUT2D eigenvalue weighted by Gasteiger charge is -2.11. The second-order valence-corrected chi connectivity index (χ2v) is 6.57. The maximum atomic E-state index is 6.17. The summed E-state index contributed by atoms with van der Waals surface area (Å²) in [6, 6.07) is 7.74. The summed E-state index contributed by atoms with van der Waals surface area (Å²) in [5.41, 5.74) is 9.21. The van der Waals surface area contributed by atoms with Crippen molar-refractivity contribution >= 4 is 0 Å². The minimum absolute atomic E-state index is 0.571. The minimum atomic E-state index is 0.571. The van der Waals surface area contributed by atoms with E-state index in [2.05, 4.69) is 33.8 Å². The molecule has 0 fully saturated rings. The number of nitrogens with zero attached hydrogens (tertiary/aromatic N) is 4. The molecular formula is C22H25N5O. The highest BCUT2D eigenvalue weighted by atomic mass is 16.5. The van der Waals surface area contributed by atoms with E-state index in [1.165, 1.54) is 0 Å². The van der Waals surface area contributed by atoms with Gasteiger partial charge in [-0.25, -0.2) is 14.6 Å². The third kappa shape index (κ3) is 4.76. The molecule has 0 radical (unpaired) electrons. The number of hydrogen-bond donors (Lipinski definition) is 1. The number of unbranched alkanes of at least 4 members (excludes halogenated alkanes) is 1. The molecule has 0 aliphatic rings. The summed E-state index contributed by atoms with van der Waals surface area (Å²) in [5, 5.41) is 4.35. The fourth-order valence-corrected chi connectivity index (χ4v) is 2.74. The van der Waals surface area contributed by atoms with E-state index in [1.807, 2.05) is 50.6 Å². The number of rotatable bonds is 6. The van der Waals surface area contributed by atoms with Crippen LogP contribution in [0, 0.1) is 18.8 Å². The summed E-state index contributed by atoms with van der Waals surface area (Å²) in [4.78, 5) is 8.99. The zero-order valence-corrected chi connectivity index (χ0v) is 16.6. The summed E-state index contributed by atoms with van der Waals surface area (Å²) in [5.74, 6) is 8.26. The number of hydrogen-bond acceptors (Lipinski definition) is 5. The Kier molecular flexibility index (Phi) is 6.41. The number of nitrogens with two attached hydrogens (primary N) is 1. The van der Waals surface area contributed by atoms with E-state index in [9.17, 15) is 0 Å². The summed E-state index contributed by atoms with van der Waals surface area (Å²) in [6.45, 7) is 4.62. The quantitative estimate of drug-likeness (QED) is 0.666. The van der Waals surface area contributed by atoms with Crippen molar-refractivity contribution < 1.29 is 4.74 Å². The van der Waals surface area contributed by atoms with Crippen molar-refractivity contribution in [1.29, 1.82) is 0 Å². The van der Waals surface area contributed by atoms with Crippen LogP contribution in [0.5, 0.6) is 11.6 Å². The van der Waals surface area contributed by atoms with Gasteiger partial charge in [0.2, 0.25) is 5.88 Å². The maximum absolute atomic E-state index is 6.17. The van der Waals surface area contributed by atoms with Crippen LogP contribution in [0.3, 0.4) is 0 Å². The topological polar surface area (TPSA) is 78.8 Å². The van der Waals surface area contributed by atoms with Crippen LogP contribution >= 0.6 is 0 Å². The molecule has 2 aromatic heterocycles. The SMILES string of the molecule is CCCC#Cc1ccc(-c2ncc(CCN)cn2)c(Oc2cc(C)nn2C)c1. The smallest absolute Gasteiger partial charge is 0.217 e. The largest absolute Gasteiger partial charge is 0.438 e. The van der Waals surface area contributed by atoms with Crippen molar-refractivity contribution in [1.82, 2.24) is 19.7 Å². The molecule has 2 heterocycles. The molecule has 0 atom stereocenters. The molecule has 0 amide bonds. The molecule has 0 saturated heterocycles. The van der Waals surface area contributed by atoms with Crippen molar-refractivity contribution in [2.75, 3.05) is 6.54 Å². The third-order valence-corrected chi connectivity index (χ3v) is 4.14. The van der Waals surface area contributed by atoms with Gasteiger partial charge in [-0.2, -0.15) is 5.10 Å². The van der Waals surface area contributed by atoms with Crippen LogP contribution in [0.25, 0.3) is 11.4 Å². The Morgan fingerprint density at radius 3 is 2.61 bits per heavy atom. The summed E-state index contributed by atoms with van der Waals surface area (Å²) >= 11 is 0. The molecule has 28 heavy (non-hydrogen) atoms. The Labute approximate surface area is 165 Å². The van der Waals surface area contributed by atoms with Crippen molar-refractivity contribution in [3.63, 3.8) is 0 Å². The van der Waals surface area contributed by atoms with Crippen LogP contribution in [-0.2, 0) is 13.5 Å². The minimum Gasteiger partial charge on any atom is -0.438 e. The van der Waals surface area contributed by atoms with Gasteiger partial charge in [0.15, 0.2) is 5.82 Å². The van der Waals surface area contributed by atoms with Crippen LogP contribution in [-0.4, -0.2) is 26.3 Å². The molecule has 144 valence electrons. The second-order valence-electron chi connectivity index (χ2n) is 6.57. The fraction of sp³-hybridized carbons (Fsp3) is 0.318. The number of aromatic nitrogens is 4. The van der Waals surface area contributed by atoms with E-state index >= 15 is 0 Å². The average Bonchev–Trinajstić information content (AvgIpc) is 3.00. The highest BCUT2D eigenvalue weighted by Gasteiger charge is 2.13. The molecule has 0 spiro atoms. The lowest BCUT2D eigenvalue weighted by Crippen LogP contribution is -2.04. The van der Waals surface area contributed by atoms with Gasteiger partial charge < -0.3 is 10.5 Å². The highest BCUT2D eigenvalue weighted by molar-refractivity contribution is 5.66. The first-order valence-electron chi connectivity index (χ1n) is 9.43. The predicted molar refractivity (Wildman–Crippen MR) is 110 cm³/mol. The molecule has 3 rings (SSSR count). The van der Waals surface area contributed by atoms with E-state index < -0.39 is 0 Å². The molecule has 6 nitrogen and oxygen atoms in total. The number of ether oxygens (including phenoxy) is 1. The van der Waals surface area contributed by atoms with Crippen LogP contribution in [0.2, 0.25) is 0 Å². The fourth-order valence-electron chi connectivity index (χ4n) is 2.74. The van der Waals surface area contributed by atoms with Crippen LogP contribution in [0.4, 0.5) is 0 Å². The zero-order valence-electron chi connectivity index (χ0n) is 16.6. The van der Waals surface area contributed by atoms with Gasteiger partial charge in [0, 0.05) is 37.5 Å². The van der Waals surface area contributed by atoms with Gasteiger partial charge in [-0.15, -0.1) is 0 Å². The molecular weight excluding hydrogens is 350 g/mol. The van der Waals surface area contributed by atoms with Gasteiger partial charge >= 0.3 is 0 Å². The maximum Gasteiger partial charge on any atom is 0.217 e. The first-order chi connectivity index (χ1) is 13.6. The lowest BCUT2D eigenvalue weighted by molar-refractivity contribution is 0.431.